The highest BCUT2D eigenvalue weighted by Gasteiger charge is 2.08. The second-order valence-electron chi connectivity index (χ2n) is 3.69. The average molecular weight is 415 g/mol. The first-order chi connectivity index (χ1) is 7.67. The molecule has 1 rings (SSSR count). The molecule has 0 radical (unpaired) electrons. The molecular weight excluding hydrogens is 400 g/mol. The summed E-state index contributed by atoms with van der Waals surface area (Å²) in [6.07, 6.45) is 2.39. The first kappa shape index (κ1) is 14.5. The lowest BCUT2D eigenvalue weighted by atomic mass is 10.1. The standard InChI is InChI=1S/C12H15Br3O/c1-2-3-9(7-13)8-16-12-5-4-10(14)6-11(12)15/h4-6,9H,2-3,7-8H2,1H3. The molecule has 1 aromatic rings. The maximum absolute atomic E-state index is 5.80. The van der Waals surface area contributed by atoms with E-state index in [0.717, 1.165) is 26.6 Å². The van der Waals surface area contributed by atoms with Crippen LogP contribution in [-0.4, -0.2) is 11.9 Å². The van der Waals surface area contributed by atoms with E-state index >= 15 is 0 Å². The molecule has 0 aromatic heterocycles. The summed E-state index contributed by atoms with van der Waals surface area (Å²) in [5.41, 5.74) is 0. The minimum absolute atomic E-state index is 0.584. The van der Waals surface area contributed by atoms with Gasteiger partial charge in [0.1, 0.15) is 5.75 Å². The molecule has 16 heavy (non-hydrogen) atoms. The molecule has 0 N–H and O–H groups in total. The van der Waals surface area contributed by atoms with Crippen LogP contribution in [0.2, 0.25) is 0 Å². The highest BCUT2D eigenvalue weighted by molar-refractivity contribution is 9.11. The van der Waals surface area contributed by atoms with E-state index in [-0.39, 0.29) is 0 Å². The van der Waals surface area contributed by atoms with Gasteiger partial charge in [0.25, 0.3) is 0 Å². The summed E-state index contributed by atoms with van der Waals surface area (Å²) < 4.78 is 7.85. The second-order valence-corrected chi connectivity index (χ2v) is 6.11. The van der Waals surface area contributed by atoms with Crippen molar-refractivity contribution in [1.82, 2.24) is 0 Å². The van der Waals surface area contributed by atoms with E-state index in [4.69, 9.17) is 4.74 Å². The number of hydrogen-bond donors (Lipinski definition) is 0. The number of alkyl halides is 1. The molecule has 0 aliphatic carbocycles. The molecule has 0 aliphatic rings. The highest BCUT2D eigenvalue weighted by Crippen LogP contribution is 2.28. The number of hydrogen-bond acceptors (Lipinski definition) is 1. The minimum Gasteiger partial charge on any atom is -0.492 e. The summed E-state index contributed by atoms with van der Waals surface area (Å²) in [7, 11) is 0. The van der Waals surface area contributed by atoms with Gasteiger partial charge in [-0.15, -0.1) is 0 Å². The van der Waals surface area contributed by atoms with Crippen LogP contribution in [0, 0.1) is 5.92 Å². The summed E-state index contributed by atoms with van der Waals surface area (Å²) in [5, 5.41) is 0.995. The molecule has 0 saturated heterocycles. The van der Waals surface area contributed by atoms with Crippen molar-refractivity contribution in [2.75, 3.05) is 11.9 Å². The van der Waals surface area contributed by atoms with Gasteiger partial charge in [-0.25, -0.2) is 0 Å². The van der Waals surface area contributed by atoms with E-state index in [2.05, 4.69) is 54.7 Å². The van der Waals surface area contributed by atoms with Crippen LogP contribution < -0.4 is 4.74 Å². The zero-order valence-electron chi connectivity index (χ0n) is 9.18. The van der Waals surface area contributed by atoms with Crippen LogP contribution in [0.25, 0.3) is 0 Å². The predicted molar refractivity (Wildman–Crippen MR) is 79.5 cm³/mol. The van der Waals surface area contributed by atoms with Crippen molar-refractivity contribution in [1.29, 1.82) is 0 Å². The van der Waals surface area contributed by atoms with Crippen molar-refractivity contribution in [2.24, 2.45) is 5.92 Å². The Kier molecular flexibility index (Phi) is 7.01. The third kappa shape index (κ3) is 4.76. The van der Waals surface area contributed by atoms with Gasteiger partial charge in [0.15, 0.2) is 0 Å². The predicted octanol–water partition coefficient (Wildman–Crippen LogP) is 5.40. The quantitative estimate of drug-likeness (QED) is 0.566. The maximum atomic E-state index is 5.80. The Bertz CT molecular complexity index is 328. The average Bonchev–Trinajstić information content (AvgIpc) is 2.26. The zero-order valence-corrected chi connectivity index (χ0v) is 13.9. The van der Waals surface area contributed by atoms with Gasteiger partial charge in [0.2, 0.25) is 0 Å². The van der Waals surface area contributed by atoms with Crippen molar-refractivity contribution in [3.63, 3.8) is 0 Å². The van der Waals surface area contributed by atoms with Gasteiger partial charge in [-0.2, -0.15) is 0 Å². The fourth-order valence-electron chi connectivity index (χ4n) is 1.41. The smallest absolute Gasteiger partial charge is 0.133 e. The van der Waals surface area contributed by atoms with Gasteiger partial charge in [-0.05, 0) is 40.5 Å². The third-order valence-electron chi connectivity index (χ3n) is 2.28. The van der Waals surface area contributed by atoms with Crippen molar-refractivity contribution in [2.45, 2.75) is 19.8 Å². The Morgan fingerprint density at radius 3 is 2.62 bits per heavy atom. The van der Waals surface area contributed by atoms with Gasteiger partial charge >= 0.3 is 0 Å². The van der Waals surface area contributed by atoms with Crippen molar-refractivity contribution >= 4 is 47.8 Å². The Hall–Kier alpha value is 0.460. The van der Waals surface area contributed by atoms with Crippen LogP contribution in [-0.2, 0) is 0 Å². The molecule has 0 heterocycles. The molecule has 0 saturated carbocycles. The Balaban J connectivity index is 2.53. The van der Waals surface area contributed by atoms with Gasteiger partial charge in [0, 0.05) is 15.7 Å². The van der Waals surface area contributed by atoms with E-state index in [9.17, 15) is 0 Å². The fourth-order valence-corrected chi connectivity index (χ4v) is 3.09. The minimum atomic E-state index is 0.584. The number of ether oxygens (including phenoxy) is 1. The summed E-state index contributed by atoms with van der Waals surface area (Å²) >= 11 is 10.4. The zero-order chi connectivity index (χ0) is 12.0. The largest absolute Gasteiger partial charge is 0.492 e. The number of halogens is 3. The Morgan fingerprint density at radius 2 is 2.06 bits per heavy atom. The SMILES string of the molecule is CCCC(CBr)COc1ccc(Br)cc1Br. The molecule has 1 atom stereocenters. The molecule has 90 valence electrons. The third-order valence-corrected chi connectivity index (χ3v) is 4.31. The van der Waals surface area contributed by atoms with Crippen molar-refractivity contribution < 1.29 is 4.74 Å². The second kappa shape index (κ2) is 7.72. The van der Waals surface area contributed by atoms with Crippen LogP contribution in [0.4, 0.5) is 0 Å². The van der Waals surface area contributed by atoms with Crippen LogP contribution in [0.15, 0.2) is 27.1 Å². The van der Waals surface area contributed by atoms with E-state index in [1.54, 1.807) is 0 Å². The van der Waals surface area contributed by atoms with E-state index < -0.39 is 0 Å². The molecule has 1 nitrogen and oxygen atoms in total. The van der Waals surface area contributed by atoms with E-state index in [1.165, 1.54) is 12.8 Å². The molecule has 4 heteroatoms. The molecule has 0 spiro atoms. The first-order valence-electron chi connectivity index (χ1n) is 5.31. The first-order valence-corrected chi connectivity index (χ1v) is 8.02. The lowest BCUT2D eigenvalue weighted by Crippen LogP contribution is -2.13. The lowest BCUT2D eigenvalue weighted by Gasteiger charge is -2.15. The molecule has 0 fully saturated rings. The number of rotatable bonds is 6. The normalized spacial score (nSPS) is 12.5. The molecular formula is C12H15Br3O. The summed E-state index contributed by atoms with van der Waals surface area (Å²) in [6, 6.07) is 5.97. The molecule has 0 amide bonds. The van der Waals surface area contributed by atoms with Gasteiger partial charge in [-0.3, -0.25) is 0 Å². The van der Waals surface area contributed by atoms with Crippen LogP contribution in [0.1, 0.15) is 19.8 Å². The van der Waals surface area contributed by atoms with Crippen molar-refractivity contribution in [3.8, 4) is 5.75 Å². The monoisotopic (exact) mass is 412 g/mol. The van der Waals surface area contributed by atoms with E-state index in [0.29, 0.717) is 5.92 Å². The molecule has 0 bridgehead atoms. The van der Waals surface area contributed by atoms with Crippen molar-refractivity contribution in [3.05, 3.63) is 27.1 Å². The highest BCUT2D eigenvalue weighted by atomic mass is 79.9. The van der Waals surface area contributed by atoms with Gasteiger partial charge in [-0.1, -0.05) is 45.2 Å². The van der Waals surface area contributed by atoms with Gasteiger partial charge in [0.05, 0.1) is 11.1 Å². The number of benzene rings is 1. The maximum Gasteiger partial charge on any atom is 0.133 e. The lowest BCUT2D eigenvalue weighted by molar-refractivity contribution is 0.253. The Labute approximate surface area is 122 Å². The summed E-state index contributed by atoms with van der Waals surface area (Å²) in [5.74, 6) is 1.49. The van der Waals surface area contributed by atoms with Crippen LogP contribution in [0.5, 0.6) is 5.75 Å². The molecule has 1 unspecified atom stereocenters. The summed E-state index contributed by atoms with van der Waals surface area (Å²) in [4.78, 5) is 0. The van der Waals surface area contributed by atoms with Crippen LogP contribution in [0.3, 0.4) is 0 Å². The molecule has 0 aliphatic heterocycles. The van der Waals surface area contributed by atoms with E-state index in [1.807, 2.05) is 18.2 Å². The van der Waals surface area contributed by atoms with Gasteiger partial charge < -0.3 is 4.74 Å². The summed E-state index contributed by atoms with van der Waals surface area (Å²) in [6.45, 7) is 2.96. The molecule has 1 aromatic carbocycles. The topological polar surface area (TPSA) is 9.23 Å². The Morgan fingerprint density at radius 1 is 1.31 bits per heavy atom. The van der Waals surface area contributed by atoms with Crippen LogP contribution >= 0.6 is 47.8 Å². The fraction of sp³-hybridized carbons (Fsp3) is 0.500.